The number of hydrogen-bond donors (Lipinski definition) is 1. The van der Waals surface area contributed by atoms with Gasteiger partial charge in [0.05, 0.1) is 11.2 Å². The molecule has 25 heavy (non-hydrogen) atoms. The van der Waals surface area contributed by atoms with Gasteiger partial charge in [-0.15, -0.1) is 13.1 Å². The number of carbonyl (C=O) groups is 1. The summed E-state index contributed by atoms with van der Waals surface area (Å²) in [6.07, 6.45) is 3.31. The number of fused-ring (bicyclic) bond motifs is 1. The minimum atomic E-state index is -1.27. The molecular weight excluding hydrogens is 400 g/mol. The van der Waals surface area contributed by atoms with Crippen LogP contribution >= 0.6 is 0 Å². The number of nitrogens with zero attached hydrogens (tertiary/aromatic N) is 2. The predicted molar refractivity (Wildman–Crippen MR) is 89.3 cm³/mol. The van der Waals surface area contributed by atoms with Crippen LogP contribution in [0.25, 0.3) is 10.9 Å². The minimum absolute atomic E-state index is 0. The summed E-state index contributed by atoms with van der Waals surface area (Å²) in [6, 6.07) is 1.40. The van der Waals surface area contributed by atoms with Crippen molar-refractivity contribution in [3.63, 3.8) is 0 Å². The number of aromatic carboxylic acids is 1. The Morgan fingerprint density at radius 1 is 1.36 bits per heavy atom. The van der Waals surface area contributed by atoms with Gasteiger partial charge in [0.15, 0.2) is 0 Å². The Bertz CT molecular complexity index is 930. The molecule has 129 valence electrons. The number of rotatable bonds is 3. The van der Waals surface area contributed by atoms with E-state index in [9.17, 15) is 19.1 Å². The molecule has 0 amide bonds. The van der Waals surface area contributed by atoms with Crippen LogP contribution in [0.1, 0.15) is 41.7 Å². The van der Waals surface area contributed by atoms with Gasteiger partial charge in [0.2, 0.25) is 5.43 Å². The van der Waals surface area contributed by atoms with Crippen molar-refractivity contribution in [3.8, 4) is 0 Å². The van der Waals surface area contributed by atoms with Crippen LogP contribution in [-0.4, -0.2) is 28.7 Å². The van der Waals surface area contributed by atoms with E-state index in [0.29, 0.717) is 29.9 Å². The quantitative estimate of drug-likeness (QED) is 0.779. The zero-order valence-corrected chi connectivity index (χ0v) is 17.0. The Balaban J connectivity index is 0.00000182. The van der Waals surface area contributed by atoms with E-state index in [1.165, 1.54) is 18.2 Å². The SMILES string of the molecule is Cc1c(N2C[C-](C)C2)c(F)cc2c(=O)c(C(=O)O)cn(C3CC3)c12.[Y]. The molecule has 1 aromatic carbocycles. The number of hydrogen-bond acceptors (Lipinski definition) is 3. The van der Waals surface area contributed by atoms with Gasteiger partial charge in [0.1, 0.15) is 11.4 Å². The van der Waals surface area contributed by atoms with Crippen LogP contribution in [0.15, 0.2) is 17.1 Å². The molecule has 1 aliphatic heterocycles. The van der Waals surface area contributed by atoms with Gasteiger partial charge in [-0.2, -0.15) is 6.92 Å². The summed E-state index contributed by atoms with van der Waals surface area (Å²) in [4.78, 5) is 25.8. The number of carboxylic acid groups (broad SMARTS) is 1. The smallest absolute Gasteiger partial charge is 0.341 e. The Labute approximate surface area is 169 Å². The zero-order chi connectivity index (χ0) is 17.2. The van der Waals surface area contributed by atoms with Gasteiger partial charge < -0.3 is 14.6 Å². The number of halogens is 1. The van der Waals surface area contributed by atoms with Crippen molar-refractivity contribution in [1.29, 1.82) is 0 Å². The van der Waals surface area contributed by atoms with Gasteiger partial charge in [-0.05, 0) is 31.4 Å². The van der Waals surface area contributed by atoms with Gasteiger partial charge >= 0.3 is 5.97 Å². The number of benzene rings is 1. The molecule has 4 rings (SSSR count). The van der Waals surface area contributed by atoms with Crippen LogP contribution in [0.2, 0.25) is 0 Å². The molecule has 2 aromatic rings. The molecule has 5 nitrogen and oxygen atoms in total. The fraction of sp³-hybridized carbons (Fsp3) is 0.389. The fourth-order valence-electron chi connectivity index (χ4n) is 3.61. The van der Waals surface area contributed by atoms with Crippen molar-refractivity contribution in [2.45, 2.75) is 32.7 Å². The Morgan fingerprint density at radius 3 is 2.52 bits per heavy atom. The second-order valence-corrected chi connectivity index (χ2v) is 6.86. The van der Waals surface area contributed by atoms with Gasteiger partial charge in [0.25, 0.3) is 0 Å². The third-order valence-corrected chi connectivity index (χ3v) is 4.89. The topological polar surface area (TPSA) is 62.5 Å². The molecule has 0 atom stereocenters. The summed E-state index contributed by atoms with van der Waals surface area (Å²) in [7, 11) is 0. The molecule has 2 fully saturated rings. The zero-order valence-electron chi connectivity index (χ0n) is 14.2. The molecule has 7 heteroatoms. The minimum Gasteiger partial charge on any atom is -0.477 e. The van der Waals surface area contributed by atoms with E-state index in [2.05, 4.69) is 0 Å². The van der Waals surface area contributed by atoms with Gasteiger partial charge in [-0.25, -0.2) is 9.18 Å². The number of pyridine rings is 1. The predicted octanol–water partition coefficient (Wildman–Crippen LogP) is 2.89. The number of aryl methyl sites for hydroxylation is 1. The second-order valence-electron chi connectivity index (χ2n) is 6.86. The van der Waals surface area contributed by atoms with Crippen LogP contribution < -0.4 is 10.3 Å². The van der Waals surface area contributed by atoms with E-state index in [1.807, 2.05) is 23.3 Å². The largest absolute Gasteiger partial charge is 0.477 e. The maximum Gasteiger partial charge on any atom is 0.341 e. The molecule has 2 heterocycles. The van der Waals surface area contributed by atoms with E-state index >= 15 is 0 Å². The number of carboxylic acids is 1. The molecule has 1 saturated heterocycles. The van der Waals surface area contributed by atoms with Crippen molar-refractivity contribution in [1.82, 2.24) is 4.57 Å². The van der Waals surface area contributed by atoms with Crippen LogP contribution in [0.4, 0.5) is 10.1 Å². The molecule has 1 radical (unpaired) electrons. The van der Waals surface area contributed by atoms with Crippen molar-refractivity contribution >= 4 is 22.6 Å². The first-order valence-corrected chi connectivity index (χ1v) is 8.06. The molecule has 1 aromatic heterocycles. The van der Waals surface area contributed by atoms with Crippen LogP contribution in [0.3, 0.4) is 0 Å². The first-order chi connectivity index (χ1) is 11.4. The first kappa shape index (κ1) is 18.5. The van der Waals surface area contributed by atoms with Crippen molar-refractivity contribution in [2.75, 3.05) is 18.0 Å². The monoisotopic (exact) mass is 418 g/mol. The van der Waals surface area contributed by atoms with E-state index in [4.69, 9.17) is 0 Å². The van der Waals surface area contributed by atoms with Gasteiger partial charge in [-0.1, -0.05) is 0 Å². The molecule has 1 aliphatic carbocycles. The summed E-state index contributed by atoms with van der Waals surface area (Å²) in [6.45, 7) is 5.27. The van der Waals surface area contributed by atoms with Crippen LogP contribution in [0.5, 0.6) is 0 Å². The standard InChI is InChI=1S/C18H18FN2O3.Y/c1-9-6-20(7-9)16-10(2)15-12(5-14(16)19)17(22)13(18(23)24)8-21(15)11-3-4-11;/h5,8,11H,3-4,6-7H2,1-2H3,(H,23,24);/q-1;. The molecule has 0 unspecified atom stereocenters. The number of aromatic nitrogens is 1. The second kappa shape index (κ2) is 6.47. The normalized spacial score (nSPS) is 17.3. The molecule has 1 saturated carbocycles. The summed E-state index contributed by atoms with van der Waals surface area (Å²) < 4.78 is 16.5. The average molecular weight is 418 g/mol. The van der Waals surface area contributed by atoms with Gasteiger partial charge in [0, 0.05) is 50.3 Å². The van der Waals surface area contributed by atoms with Crippen LogP contribution in [0, 0.1) is 18.7 Å². The third-order valence-electron chi connectivity index (χ3n) is 4.89. The first-order valence-electron chi connectivity index (χ1n) is 8.06. The fourth-order valence-corrected chi connectivity index (χ4v) is 3.61. The van der Waals surface area contributed by atoms with Crippen molar-refractivity contribution in [2.24, 2.45) is 0 Å². The third kappa shape index (κ3) is 2.93. The van der Waals surface area contributed by atoms with E-state index in [0.717, 1.165) is 12.8 Å². The Morgan fingerprint density at radius 2 is 2.00 bits per heavy atom. The van der Waals surface area contributed by atoms with Crippen LogP contribution in [-0.2, 0) is 32.7 Å². The van der Waals surface area contributed by atoms with Crippen molar-refractivity contribution in [3.05, 3.63) is 45.3 Å². The summed E-state index contributed by atoms with van der Waals surface area (Å²) in [5, 5.41) is 9.45. The molecule has 1 N–H and O–H groups in total. The molecule has 0 bridgehead atoms. The molecular formula is C18H18FN2O3Y-. The Hall–Kier alpha value is -1.27. The van der Waals surface area contributed by atoms with E-state index < -0.39 is 17.2 Å². The summed E-state index contributed by atoms with van der Waals surface area (Å²) in [5.74, 6) is -0.449. The maximum absolute atomic E-state index is 14.7. The van der Waals surface area contributed by atoms with Crippen molar-refractivity contribution < 1.29 is 47.0 Å². The van der Waals surface area contributed by atoms with E-state index in [-0.39, 0.29) is 49.7 Å². The van der Waals surface area contributed by atoms with Gasteiger partial charge in [-0.3, -0.25) is 10.7 Å². The molecule has 2 aliphatic rings. The summed E-state index contributed by atoms with van der Waals surface area (Å²) >= 11 is 0. The average Bonchev–Trinajstić information content (AvgIpc) is 3.30. The maximum atomic E-state index is 14.7. The summed E-state index contributed by atoms with van der Waals surface area (Å²) in [5.41, 5.74) is 0.972. The molecule has 0 spiro atoms. The number of anilines is 1. The van der Waals surface area contributed by atoms with E-state index in [1.54, 1.807) is 0 Å². The Kier molecular flexibility index (Phi) is 4.80.